The van der Waals surface area contributed by atoms with Gasteiger partial charge in [0.1, 0.15) is 5.75 Å². The molecule has 0 bridgehead atoms. The van der Waals surface area contributed by atoms with Crippen LogP contribution in [-0.2, 0) is 9.53 Å². The fraction of sp³-hybridized carbons (Fsp3) is 0.214. The Kier molecular flexibility index (Phi) is 5.96. The number of ether oxygens (including phenoxy) is 2. The number of rotatable bonds is 6. The highest BCUT2D eigenvalue weighted by Gasteiger charge is 2.02. The minimum Gasteiger partial charge on any atom is -0.464 e. The lowest BCUT2D eigenvalue weighted by Crippen LogP contribution is -2.00. The zero-order valence-corrected chi connectivity index (χ0v) is 11.2. The Morgan fingerprint density at radius 1 is 1.45 bits per heavy atom. The van der Waals surface area contributed by atoms with Crippen LogP contribution in [0.4, 0.5) is 0 Å². The minimum absolute atomic E-state index is 0.282. The molecule has 0 saturated heterocycles. The smallest absolute Gasteiger partial charge is 0.333 e. The van der Waals surface area contributed by atoms with Gasteiger partial charge in [0, 0.05) is 11.6 Å². The van der Waals surface area contributed by atoms with Gasteiger partial charge in [0.2, 0.25) is 6.20 Å². The largest absolute Gasteiger partial charge is 0.464 e. The average molecular weight is 277 g/mol. The van der Waals surface area contributed by atoms with Crippen molar-refractivity contribution in [1.29, 1.82) is 0 Å². The van der Waals surface area contributed by atoms with Crippen LogP contribution in [0, 0.1) is 17.0 Å². The molecule has 0 N–H and O–H groups in total. The third kappa shape index (κ3) is 5.34. The van der Waals surface area contributed by atoms with E-state index in [1.54, 1.807) is 25.1 Å². The molecular formula is C14H15NO5. The lowest BCUT2D eigenvalue weighted by Gasteiger charge is -2.05. The van der Waals surface area contributed by atoms with Crippen molar-refractivity contribution in [3.8, 4) is 5.75 Å². The van der Waals surface area contributed by atoms with E-state index in [0.29, 0.717) is 11.3 Å². The highest BCUT2D eigenvalue weighted by Crippen LogP contribution is 2.21. The summed E-state index contributed by atoms with van der Waals surface area (Å²) in [5.41, 5.74) is 1.49. The van der Waals surface area contributed by atoms with Crippen LogP contribution in [0.2, 0.25) is 0 Å². The van der Waals surface area contributed by atoms with Crippen molar-refractivity contribution in [3.63, 3.8) is 0 Å². The highest BCUT2D eigenvalue weighted by molar-refractivity contribution is 5.81. The maximum Gasteiger partial charge on any atom is 0.333 e. The molecule has 0 radical (unpaired) electrons. The fourth-order valence-corrected chi connectivity index (χ4v) is 1.40. The van der Waals surface area contributed by atoms with E-state index in [1.165, 1.54) is 12.3 Å². The topological polar surface area (TPSA) is 78.7 Å². The van der Waals surface area contributed by atoms with Gasteiger partial charge >= 0.3 is 5.97 Å². The van der Waals surface area contributed by atoms with Gasteiger partial charge in [0.15, 0.2) is 0 Å². The predicted molar refractivity (Wildman–Crippen MR) is 73.6 cm³/mol. The van der Waals surface area contributed by atoms with E-state index in [4.69, 9.17) is 9.47 Å². The van der Waals surface area contributed by atoms with Crippen molar-refractivity contribution in [1.82, 2.24) is 0 Å². The van der Waals surface area contributed by atoms with Crippen LogP contribution in [0.3, 0.4) is 0 Å². The SMILES string of the molecule is CCOC(=O)/C=C/Oc1ccc(C)cc1/C=C/[N+](=O)[O-]. The molecule has 106 valence electrons. The summed E-state index contributed by atoms with van der Waals surface area (Å²) < 4.78 is 9.99. The number of carbonyl (C=O) groups is 1. The number of esters is 1. The molecule has 20 heavy (non-hydrogen) atoms. The van der Waals surface area contributed by atoms with Crippen molar-refractivity contribution in [2.24, 2.45) is 0 Å². The number of carbonyl (C=O) groups excluding carboxylic acids is 1. The third-order valence-corrected chi connectivity index (χ3v) is 2.23. The summed E-state index contributed by atoms with van der Waals surface area (Å²) in [5, 5.41) is 10.3. The van der Waals surface area contributed by atoms with Crippen LogP contribution in [0.25, 0.3) is 6.08 Å². The van der Waals surface area contributed by atoms with Crippen LogP contribution < -0.4 is 4.74 Å². The fourth-order valence-electron chi connectivity index (χ4n) is 1.40. The van der Waals surface area contributed by atoms with E-state index in [1.807, 2.05) is 6.92 Å². The summed E-state index contributed by atoms with van der Waals surface area (Å²) in [4.78, 5) is 20.9. The lowest BCUT2D eigenvalue weighted by molar-refractivity contribution is -0.400. The van der Waals surface area contributed by atoms with Gasteiger partial charge in [-0.1, -0.05) is 11.6 Å². The molecule has 0 saturated carbocycles. The van der Waals surface area contributed by atoms with Crippen LogP contribution >= 0.6 is 0 Å². The Labute approximate surface area is 116 Å². The molecule has 0 unspecified atom stereocenters. The number of hydrogen-bond donors (Lipinski definition) is 0. The van der Waals surface area contributed by atoms with Crippen molar-refractivity contribution < 1.29 is 19.2 Å². The maximum absolute atomic E-state index is 11.1. The van der Waals surface area contributed by atoms with Gasteiger partial charge < -0.3 is 9.47 Å². The number of hydrogen-bond acceptors (Lipinski definition) is 5. The third-order valence-electron chi connectivity index (χ3n) is 2.23. The lowest BCUT2D eigenvalue weighted by atomic mass is 10.1. The Morgan fingerprint density at radius 3 is 2.85 bits per heavy atom. The zero-order chi connectivity index (χ0) is 15.0. The van der Waals surface area contributed by atoms with Crippen molar-refractivity contribution in [2.75, 3.05) is 6.61 Å². The predicted octanol–water partition coefficient (Wildman–Crippen LogP) is 2.70. The van der Waals surface area contributed by atoms with Crippen LogP contribution in [-0.4, -0.2) is 17.5 Å². The van der Waals surface area contributed by atoms with E-state index < -0.39 is 10.9 Å². The number of nitro groups is 1. The Hall–Kier alpha value is -2.63. The molecule has 0 fully saturated rings. The molecule has 0 amide bonds. The van der Waals surface area contributed by atoms with Gasteiger partial charge in [-0.25, -0.2) is 4.79 Å². The van der Waals surface area contributed by atoms with E-state index in [9.17, 15) is 14.9 Å². The first-order valence-corrected chi connectivity index (χ1v) is 5.95. The van der Waals surface area contributed by atoms with Gasteiger partial charge in [-0.3, -0.25) is 10.1 Å². The summed E-state index contributed by atoms with van der Waals surface area (Å²) in [7, 11) is 0. The van der Waals surface area contributed by atoms with E-state index in [-0.39, 0.29) is 6.61 Å². The first-order valence-electron chi connectivity index (χ1n) is 5.95. The summed E-state index contributed by atoms with van der Waals surface area (Å²) in [5.74, 6) is -0.101. The zero-order valence-electron chi connectivity index (χ0n) is 11.2. The summed E-state index contributed by atoms with van der Waals surface area (Å²) in [6, 6.07) is 5.22. The molecule has 1 rings (SSSR count). The number of benzene rings is 1. The van der Waals surface area contributed by atoms with Crippen LogP contribution in [0.15, 0.2) is 36.7 Å². The van der Waals surface area contributed by atoms with Gasteiger partial charge in [-0.15, -0.1) is 0 Å². The summed E-state index contributed by atoms with van der Waals surface area (Å²) in [6.45, 7) is 3.85. The van der Waals surface area contributed by atoms with E-state index in [0.717, 1.165) is 17.8 Å². The van der Waals surface area contributed by atoms with Gasteiger partial charge in [0.05, 0.1) is 23.9 Å². The van der Waals surface area contributed by atoms with E-state index >= 15 is 0 Å². The number of nitrogens with zero attached hydrogens (tertiary/aromatic N) is 1. The van der Waals surface area contributed by atoms with Gasteiger partial charge in [-0.2, -0.15) is 0 Å². The molecule has 6 nitrogen and oxygen atoms in total. The standard InChI is InChI=1S/C14H15NO5/c1-3-19-14(16)7-9-20-13-5-4-11(2)10-12(13)6-8-15(17)18/h4-10H,3H2,1-2H3/b8-6+,9-7+. The highest BCUT2D eigenvalue weighted by atomic mass is 16.6. The van der Waals surface area contributed by atoms with Crippen molar-refractivity contribution in [2.45, 2.75) is 13.8 Å². The summed E-state index contributed by atoms with van der Waals surface area (Å²) >= 11 is 0. The second kappa shape index (κ2) is 7.73. The molecule has 1 aromatic rings. The first-order chi connectivity index (χ1) is 9.52. The molecule has 6 heteroatoms. The van der Waals surface area contributed by atoms with Crippen molar-refractivity contribution in [3.05, 3.63) is 58.0 Å². The monoisotopic (exact) mass is 277 g/mol. The van der Waals surface area contributed by atoms with E-state index in [2.05, 4.69) is 0 Å². The Bertz CT molecular complexity index is 548. The second-order valence-electron chi connectivity index (χ2n) is 3.82. The molecule has 0 aliphatic heterocycles. The summed E-state index contributed by atoms with van der Waals surface area (Å²) in [6.07, 6.45) is 4.49. The van der Waals surface area contributed by atoms with Crippen LogP contribution in [0.1, 0.15) is 18.1 Å². The van der Waals surface area contributed by atoms with Crippen LogP contribution in [0.5, 0.6) is 5.75 Å². The molecular weight excluding hydrogens is 262 g/mol. The molecule has 0 spiro atoms. The average Bonchev–Trinajstić information content (AvgIpc) is 2.38. The quantitative estimate of drug-likeness (QED) is 0.262. The number of aryl methyl sites for hydroxylation is 1. The molecule has 0 heterocycles. The normalized spacial score (nSPS) is 10.9. The second-order valence-corrected chi connectivity index (χ2v) is 3.82. The molecule has 0 aromatic heterocycles. The van der Waals surface area contributed by atoms with Gasteiger partial charge in [-0.05, 0) is 26.0 Å². The minimum atomic E-state index is -0.555. The van der Waals surface area contributed by atoms with Crippen molar-refractivity contribution >= 4 is 12.0 Å². The molecule has 1 aromatic carbocycles. The Morgan fingerprint density at radius 2 is 2.20 bits per heavy atom. The molecule has 0 aliphatic carbocycles. The molecule has 0 atom stereocenters. The molecule has 0 aliphatic rings. The maximum atomic E-state index is 11.1. The first kappa shape index (κ1) is 15.4. The van der Waals surface area contributed by atoms with Gasteiger partial charge in [0.25, 0.3) is 0 Å². The Balaban J connectivity index is 2.84.